The van der Waals surface area contributed by atoms with Crippen molar-refractivity contribution in [1.29, 1.82) is 0 Å². The van der Waals surface area contributed by atoms with Crippen molar-refractivity contribution in [2.24, 2.45) is 11.8 Å². The molecule has 0 aliphatic heterocycles. The number of carbonyl (C=O) groups excluding carboxylic acids is 3. The maximum absolute atomic E-state index is 12.7. The molecule has 0 radical (unpaired) electrons. The second-order valence-corrected chi connectivity index (χ2v) is 17.5. The predicted molar refractivity (Wildman–Crippen MR) is 233 cm³/mol. The van der Waals surface area contributed by atoms with Gasteiger partial charge in [0, 0.05) is 19.3 Å². The first-order valence-electron chi connectivity index (χ1n) is 24.3. The number of rotatable bonds is 43. The van der Waals surface area contributed by atoms with E-state index in [-0.39, 0.29) is 31.1 Å². The first-order valence-corrected chi connectivity index (χ1v) is 24.3. The number of hydrogen-bond donors (Lipinski definition) is 0. The zero-order chi connectivity index (χ0) is 40.5. The lowest BCUT2D eigenvalue weighted by molar-refractivity contribution is -0.167. The van der Waals surface area contributed by atoms with Crippen molar-refractivity contribution in [3.8, 4) is 0 Å². The summed E-state index contributed by atoms with van der Waals surface area (Å²) in [5.74, 6) is 0.752. The van der Waals surface area contributed by atoms with Crippen LogP contribution in [0.4, 0.5) is 0 Å². The van der Waals surface area contributed by atoms with E-state index in [9.17, 15) is 14.4 Å². The molecule has 0 aromatic heterocycles. The lowest BCUT2D eigenvalue weighted by atomic mass is 9.99. The Labute approximate surface area is 342 Å². The number of esters is 3. The van der Waals surface area contributed by atoms with Crippen molar-refractivity contribution in [2.45, 2.75) is 272 Å². The van der Waals surface area contributed by atoms with Crippen LogP contribution in [0, 0.1) is 11.8 Å². The minimum absolute atomic E-state index is 0.0656. The maximum Gasteiger partial charge on any atom is 0.306 e. The normalized spacial score (nSPS) is 12.5. The molecule has 0 heterocycles. The molecule has 0 saturated heterocycles. The average molecular weight is 779 g/mol. The molecule has 0 aromatic carbocycles. The summed E-state index contributed by atoms with van der Waals surface area (Å²) in [6.07, 6.45) is 41.0. The lowest BCUT2D eigenvalue weighted by Crippen LogP contribution is -2.30. The zero-order valence-corrected chi connectivity index (χ0v) is 37.6. The highest BCUT2D eigenvalue weighted by atomic mass is 16.6. The first-order chi connectivity index (χ1) is 26.8. The molecule has 0 fully saturated rings. The molecule has 6 nitrogen and oxygen atoms in total. The van der Waals surface area contributed by atoms with Crippen LogP contribution in [0.25, 0.3) is 0 Å². The van der Waals surface area contributed by atoms with E-state index in [1.807, 2.05) is 0 Å². The molecule has 0 aliphatic carbocycles. The highest BCUT2D eigenvalue weighted by Gasteiger charge is 2.19. The summed E-state index contributed by atoms with van der Waals surface area (Å²) in [7, 11) is 0. The fraction of sp³-hybridized carbons (Fsp3) is 0.939. The van der Waals surface area contributed by atoms with Gasteiger partial charge in [0.25, 0.3) is 0 Å². The highest BCUT2D eigenvalue weighted by Crippen LogP contribution is 2.17. The Bertz CT molecular complexity index is 841. The van der Waals surface area contributed by atoms with Crippen LogP contribution in [0.1, 0.15) is 266 Å². The second kappa shape index (κ2) is 42.0. The third-order valence-electron chi connectivity index (χ3n) is 11.3. The minimum atomic E-state index is -0.761. The third-order valence-corrected chi connectivity index (χ3v) is 11.3. The number of unbranched alkanes of at least 4 members (excludes halogenated alkanes) is 27. The van der Waals surface area contributed by atoms with Crippen LogP contribution in [0.5, 0.6) is 0 Å². The van der Waals surface area contributed by atoms with Crippen molar-refractivity contribution in [3.63, 3.8) is 0 Å². The van der Waals surface area contributed by atoms with Gasteiger partial charge in [-0.3, -0.25) is 14.4 Å². The monoisotopic (exact) mass is 779 g/mol. The van der Waals surface area contributed by atoms with Crippen molar-refractivity contribution >= 4 is 17.9 Å². The Hall–Kier alpha value is -1.59. The van der Waals surface area contributed by atoms with Crippen LogP contribution >= 0.6 is 0 Å². The van der Waals surface area contributed by atoms with Crippen molar-refractivity contribution in [1.82, 2.24) is 0 Å². The van der Waals surface area contributed by atoms with Gasteiger partial charge in [-0.05, 0) is 31.1 Å². The summed E-state index contributed by atoms with van der Waals surface area (Å²) in [4.78, 5) is 37.8. The average Bonchev–Trinajstić information content (AvgIpc) is 3.17. The van der Waals surface area contributed by atoms with E-state index < -0.39 is 6.10 Å². The van der Waals surface area contributed by atoms with Crippen molar-refractivity contribution < 1.29 is 28.6 Å². The second-order valence-electron chi connectivity index (χ2n) is 17.5. The first kappa shape index (κ1) is 53.4. The van der Waals surface area contributed by atoms with Crippen LogP contribution in [-0.2, 0) is 28.6 Å². The molecular formula is C49H94O6. The van der Waals surface area contributed by atoms with Crippen LogP contribution in [-0.4, -0.2) is 37.2 Å². The summed E-state index contributed by atoms with van der Waals surface area (Å²) in [5.41, 5.74) is 0. The number of carbonyl (C=O) groups is 3. The molecule has 2 atom stereocenters. The smallest absolute Gasteiger partial charge is 0.306 e. The molecule has 6 heteroatoms. The predicted octanol–water partition coefficient (Wildman–Crippen LogP) is 15.4. The Morgan fingerprint density at radius 2 is 0.691 bits per heavy atom. The van der Waals surface area contributed by atoms with Gasteiger partial charge >= 0.3 is 17.9 Å². The summed E-state index contributed by atoms with van der Waals surface area (Å²) in [6, 6.07) is 0. The highest BCUT2D eigenvalue weighted by molar-refractivity contribution is 5.71. The van der Waals surface area contributed by atoms with E-state index in [1.54, 1.807) is 0 Å². The standard InChI is InChI=1S/C49H94O6/c1-6-8-9-10-11-12-13-14-15-16-17-18-19-24-31-36-41-49(52)55-46(43-54-48(51)40-35-30-26-25-27-32-37-44(3)4)42-53-47(50)39-34-29-23-21-20-22-28-33-38-45(5)7-2/h44-46H,6-43H2,1-5H3/t45?,46-/m0/s1. The summed E-state index contributed by atoms with van der Waals surface area (Å²) < 4.78 is 16.7. The van der Waals surface area contributed by atoms with Gasteiger partial charge in [0.15, 0.2) is 6.10 Å². The molecule has 0 saturated carbocycles. The molecule has 0 rings (SSSR count). The van der Waals surface area contributed by atoms with E-state index in [1.165, 1.54) is 154 Å². The van der Waals surface area contributed by atoms with Gasteiger partial charge in [-0.2, -0.15) is 0 Å². The van der Waals surface area contributed by atoms with Gasteiger partial charge in [0.2, 0.25) is 0 Å². The van der Waals surface area contributed by atoms with Crippen LogP contribution in [0.3, 0.4) is 0 Å². The van der Waals surface area contributed by atoms with E-state index in [2.05, 4.69) is 34.6 Å². The van der Waals surface area contributed by atoms with Crippen LogP contribution in [0.2, 0.25) is 0 Å². The van der Waals surface area contributed by atoms with E-state index in [4.69, 9.17) is 14.2 Å². The molecule has 0 aliphatic rings. The molecule has 0 spiro atoms. The van der Waals surface area contributed by atoms with Crippen LogP contribution in [0.15, 0.2) is 0 Å². The Kier molecular flexibility index (Phi) is 40.8. The third kappa shape index (κ3) is 41.9. The van der Waals surface area contributed by atoms with E-state index in [0.29, 0.717) is 19.3 Å². The summed E-state index contributed by atoms with van der Waals surface area (Å²) >= 11 is 0. The largest absolute Gasteiger partial charge is 0.462 e. The molecule has 0 aromatic rings. The van der Waals surface area contributed by atoms with Crippen molar-refractivity contribution in [3.05, 3.63) is 0 Å². The van der Waals surface area contributed by atoms with E-state index >= 15 is 0 Å². The fourth-order valence-electron chi connectivity index (χ4n) is 7.25. The van der Waals surface area contributed by atoms with Crippen LogP contribution < -0.4 is 0 Å². The molecule has 0 bridgehead atoms. The van der Waals surface area contributed by atoms with Gasteiger partial charge < -0.3 is 14.2 Å². The summed E-state index contributed by atoms with van der Waals surface area (Å²) in [6.45, 7) is 11.3. The minimum Gasteiger partial charge on any atom is -0.462 e. The molecular weight excluding hydrogens is 685 g/mol. The summed E-state index contributed by atoms with van der Waals surface area (Å²) in [5, 5.41) is 0. The Morgan fingerprint density at radius 1 is 0.382 bits per heavy atom. The SMILES string of the molecule is CCCCCCCCCCCCCCCCCCC(=O)O[C@@H](COC(=O)CCCCCCCCCCC(C)CC)COC(=O)CCCCCCCCC(C)C. The fourth-order valence-corrected chi connectivity index (χ4v) is 7.25. The van der Waals surface area contributed by atoms with Gasteiger partial charge in [0.1, 0.15) is 13.2 Å². The maximum atomic E-state index is 12.7. The molecule has 0 amide bonds. The zero-order valence-electron chi connectivity index (χ0n) is 37.6. The van der Waals surface area contributed by atoms with Gasteiger partial charge in [-0.15, -0.1) is 0 Å². The Balaban J connectivity index is 4.30. The number of hydrogen-bond acceptors (Lipinski definition) is 6. The Morgan fingerprint density at radius 3 is 1.04 bits per heavy atom. The van der Waals surface area contributed by atoms with Gasteiger partial charge in [0.05, 0.1) is 0 Å². The topological polar surface area (TPSA) is 78.9 Å². The lowest BCUT2D eigenvalue weighted by Gasteiger charge is -2.18. The quantitative estimate of drug-likeness (QED) is 0.0348. The van der Waals surface area contributed by atoms with E-state index in [0.717, 1.165) is 69.6 Å². The number of ether oxygens (including phenoxy) is 3. The molecule has 1 unspecified atom stereocenters. The van der Waals surface area contributed by atoms with Gasteiger partial charge in [-0.25, -0.2) is 0 Å². The van der Waals surface area contributed by atoms with Crippen molar-refractivity contribution in [2.75, 3.05) is 13.2 Å². The molecule has 55 heavy (non-hydrogen) atoms. The molecule has 326 valence electrons. The van der Waals surface area contributed by atoms with Gasteiger partial charge in [-0.1, -0.05) is 227 Å². The molecule has 0 N–H and O–H groups in total.